The molecule has 4 fully saturated rings. The van der Waals surface area contributed by atoms with Gasteiger partial charge in [-0.05, 0) is 65.0 Å². The van der Waals surface area contributed by atoms with Gasteiger partial charge in [0.1, 0.15) is 11.9 Å². The summed E-state index contributed by atoms with van der Waals surface area (Å²) in [5, 5.41) is 8.55. The van der Waals surface area contributed by atoms with Gasteiger partial charge in [-0.1, -0.05) is 26.0 Å². The maximum atomic E-state index is 13.3. The maximum Gasteiger partial charge on any atom is 0.410 e. The van der Waals surface area contributed by atoms with Crippen molar-refractivity contribution < 1.29 is 9.53 Å². The molecule has 212 valence electrons. The summed E-state index contributed by atoms with van der Waals surface area (Å²) in [4.78, 5) is 24.9. The summed E-state index contributed by atoms with van der Waals surface area (Å²) in [6.07, 6.45) is 13.7. The van der Waals surface area contributed by atoms with Gasteiger partial charge in [0, 0.05) is 67.5 Å². The van der Waals surface area contributed by atoms with Crippen LogP contribution in [0, 0.1) is 0 Å². The van der Waals surface area contributed by atoms with Crippen LogP contribution in [-0.2, 0) is 4.74 Å². The number of anilines is 1. The Balaban J connectivity index is 1.07. The summed E-state index contributed by atoms with van der Waals surface area (Å²) in [5.41, 5.74) is 3.38. The van der Waals surface area contributed by atoms with E-state index in [1.165, 1.54) is 24.1 Å². The fourth-order valence-electron chi connectivity index (χ4n) is 6.67. The number of likely N-dealkylation sites (N-methyl/N-ethyl adjacent to an activating group) is 1. The van der Waals surface area contributed by atoms with Gasteiger partial charge in [0.2, 0.25) is 0 Å². The van der Waals surface area contributed by atoms with E-state index in [0.717, 1.165) is 69.7 Å². The minimum atomic E-state index is -0.105. The molecule has 3 atom stereocenters. The summed E-state index contributed by atoms with van der Waals surface area (Å²) < 4.78 is 8.05. The Hall–Kier alpha value is -2.65. The number of amides is 1. The van der Waals surface area contributed by atoms with E-state index in [2.05, 4.69) is 66.2 Å². The Morgan fingerprint density at radius 1 is 1.15 bits per heavy atom. The van der Waals surface area contributed by atoms with Crippen LogP contribution >= 0.6 is 0 Å². The molecule has 0 aromatic carbocycles. The third-order valence-corrected chi connectivity index (χ3v) is 8.93. The zero-order valence-electron chi connectivity index (χ0n) is 24.1. The summed E-state index contributed by atoms with van der Waals surface area (Å²) in [5.74, 6) is 2.01. The minimum absolute atomic E-state index is 0.00378. The fraction of sp³-hybridized carbons (Fsp3) is 0.700. The van der Waals surface area contributed by atoms with Gasteiger partial charge in [0.15, 0.2) is 5.65 Å². The van der Waals surface area contributed by atoms with Gasteiger partial charge in [-0.2, -0.15) is 9.61 Å². The van der Waals surface area contributed by atoms with Crippen molar-refractivity contribution in [3.63, 3.8) is 0 Å². The zero-order chi connectivity index (χ0) is 27.1. The second-order valence-corrected chi connectivity index (χ2v) is 12.7. The van der Waals surface area contributed by atoms with Gasteiger partial charge in [-0.15, -0.1) is 0 Å². The molecule has 9 nitrogen and oxygen atoms in total. The lowest BCUT2D eigenvalue weighted by atomic mass is 9.97. The van der Waals surface area contributed by atoms with Crippen LogP contribution in [0.15, 0.2) is 24.4 Å². The molecule has 6 rings (SSSR count). The van der Waals surface area contributed by atoms with E-state index >= 15 is 0 Å². The van der Waals surface area contributed by atoms with Gasteiger partial charge >= 0.3 is 6.09 Å². The van der Waals surface area contributed by atoms with E-state index in [0.29, 0.717) is 17.9 Å². The quantitative estimate of drug-likeness (QED) is 0.475. The molecule has 1 saturated carbocycles. The predicted molar refractivity (Wildman–Crippen MR) is 153 cm³/mol. The van der Waals surface area contributed by atoms with Crippen LogP contribution in [-0.4, -0.2) is 99.9 Å². The Labute approximate surface area is 232 Å². The molecule has 39 heavy (non-hydrogen) atoms. The number of rotatable bonds is 9. The largest absolute Gasteiger partial charge is 0.445 e. The van der Waals surface area contributed by atoms with Crippen molar-refractivity contribution in [3.05, 3.63) is 35.7 Å². The second-order valence-electron chi connectivity index (χ2n) is 12.7. The molecular weight excluding hydrogens is 490 g/mol. The average molecular weight is 536 g/mol. The number of fused-ring (bicyclic) bond motifs is 3. The first-order valence-electron chi connectivity index (χ1n) is 15.0. The van der Waals surface area contributed by atoms with Gasteiger partial charge in [0.05, 0.1) is 6.20 Å². The molecule has 2 bridgehead atoms. The molecule has 2 unspecified atom stereocenters. The number of nitrogens with zero attached hydrogens (tertiary/aromatic N) is 6. The summed E-state index contributed by atoms with van der Waals surface area (Å²) in [7, 11) is 4.15. The number of ether oxygens (including phenoxy) is 1. The van der Waals surface area contributed by atoms with Crippen molar-refractivity contribution in [1.29, 1.82) is 0 Å². The molecule has 4 aliphatic rings. The van der Waals surface area contributed by atoms with Crippen LogP contribution in [0.3, 0.4) is 0 Å². The molecule has 2 aromatic rings. The number of piperidine rings is 1. The highest BCUT2D eigenvalue weighted by Gasteiger charge is 2.45. The SMILES string of the molecule is CC(C)c1cnn2c(NC3CC4CCC(C3)N4C(=O)O[C@@H]3CCN(C/C=C/CN(C)C)C3)cc(C3CC3)nc12. The van der Waals surface area contributed by atoms with Crippen LogP contribution in [0.2, 0.25) is 0 Å². The van der Waals surface area contributed by atoms with E-state index in [9.17, 15) is 4.79 Å². The highest BCUT2D eigenvalue weighted by atomic mass is 16.6. The van der Waals surface area contributed by atoms with Gasteiger partial charge in [-0.3, -0.25) is 4.90 Å². The highest BCUT2D eigenvalue weighted by molar-refractivity contribution is 5.69. The third-order valence-electron chi connectivity index (χ3n) is 8.93. The fourth-order valence-corrected chi connectivity index (χ4v) is 6.67. The number of carbonyl (C=O) groups excluding carboxylic acids is 1. The molecule has 3 saturated heterocycles. The molecule has 1 amide bonds. The first-order chi connectivity index (χ1) is 18.9. The van der Waals surface area contributed by atoms with Crippen LogP contribution in [0.4, 0.5) is 10.6 Å². The maximum absolute atomic E-state index is 13.3. The minimum Gasteiger partial charge on any atom is -0.445 e. The topological polar surface area (TPSA) is 78.2 Å². The van der Waals surface area contributed by atoms with Gasteiger partial charge < -0.3 is 19.9 Å². The first kappa shape index (κ1) is 26.6. The number of hydrogen-bond acceptors (Lipinski definition) is 7. The Morgan fingerprint density at radius 2 is 1.92 bits per heavy atom. The third kappa shape index (κ3) is 5.80. The van der Waals surface area contributed by atoms with Crippen molar-refractivity contribution >= 4 is 17.6 Å². The van der Waals surface area contributed by atoms with Crippen molar-refractivity contribution in [2.75, 3.05) is 45.6 Å². The number of likely N-dealkylation sites (tertiary alicyclic amines) is 1. The molecule has 0 radical (unpaired) electrons. The number of aromatic nitrogens is 3. The number of carbonyl (C=O) groups is 1. The summed E-state index contributed by atoms with van der Waals surface area (Å²) in [6, 6.07) is 3.01. The number of hydrogen-bond donors (Lipinski definition) is 1. The van der Waals surface area contributed by atoms with Crippen LogP contribution in [0.1, 0.15) is 81.9 Å². The van der Waals surface area contributed by atoms with Crippen molar-refractivity contribution in [2.24, 2.45) is 0 Å². The molecule has 0 spiro atoms. The molecule has 1 aliphatic carbocycles. The Kier molecular flexibility index (Phi) is 7.55. The van der Waals surface area contributed by atoms with Crippen molar-refractivity contribution in [3.8, 4) is 0 Å². The van der Waals surface area contributed by atoms with Crippen molar-refractivity contribution in [2.45, 2.75) is 94.9 Å². The normalized spacial score (nSPS) is 27.5. The van der Waals surface area contributed by atoms with E-state index in [4.69, 9.17) is 14.8 Å². The number of nitrogens with one attached hydrogen (secondary N) is 1. The molecule has 3 aliphatic heterocycles. The van der Waals surface area contributed by atoms with E-state index in [-0.39, 0.29) is 24.3 Å². The second kappa shape index (κ2) is 11.1. The summed E-state index contributed by atoms with van der Waals surface area (Å²) >= 11 is 0. The van der Waals surface area contributed by atoms with E-state index in [1.807, 2.05) is 10.7 Å². The van der Waals surface area contributed by atoms with Crippen LogP contribution < -0.4 is 5.32 Å². The van der Waals surface area contributed by atoms with Crippen LogP contribution in [0.5, 0.6) is 0 Å². The highest BCUT2D eigenvalue weighted by Crippen LogP contribution is 2.41. The Morgan fingerprint density at radius 3 is 2.62 bits per heavy atom. The zero-order valence-corrected chi connectivity index (χ0v) is 24.1. The molecule has 5 heterocycles. The standard InChI is InChI=1S/C30H45N7O2/c1-20(2)26-18-31-37-28(17-27(21-7-8-21)33-29(26)37)32-22-15-23-9-10-24(16-22)36(23)30(38)39-25-11-14-35(19-25)13-6-5-12-34(3)4/h5-6,17-18,20-25,32H,7-16,19H2,1-4H3/b6-5+/t22?,23?,24?,25-/m1/s1. The van der Waals surface area contributed by atoms with Crippen LogP contribution in [0.25, 0.3) is 5.65 Å². The monoisotopic (exact) mass is 535 g/mol. The first-order valence-corrected chi connectivity index (χ1v) is 15.0. The smallest absolute Gasteiger partial charge is 0.410 e. The Bertz CT molecular complexity index is 1190. The van der Waals surface area contributed by atoms with E-state index < -0.39 is 0 Å². The predicted octanol–water partition coefficient (Wildman–Crippen LogP) is 4.47. The lowest BCUT2D eigenvalue weighted by Crippen LogP contribution is -2.50. The lowest BCUT2D eigenvalue weighted by Gasteiger charge is -2.39. The molecule has 9 heteroatoms. The molecule has 1 N–H and O–H groups in total. The van der Waals surface area contributed by atoms with Crippen molar-refractivity contribution in [1.82, 2.24) is 29.3 Å². The molecule has 2 aromatic heterocycles. The average Bonchev–Trinajstić information content (AvgIpc) is 3.39. The lowest BCUT2D eigenvalue weighted by molar-refractivity contribution is 0.0404. The van der Waals surface area contributed by atoms with E-state index in [1.54, 1.807) is 0 Å². The summed E-state index contributed by atoms with van der Waals surface area (Å²) in [6.45, 7) is 8.09. The van der Waals surface area contributed by atoms with Gasteiger partial charge in [-0.25, -0.2) is 9.78 Å². The van der Waals surface area contributed by atoms with Gasteiger partial charge in [0.25, 0.3) is 0 Å². The molecular formula is C30H45N7O2.